The Bertz CT molecular complexity index is 353. The highest BCUT2D eigenvalue weighted by Crippen LogP contribution is 2.04. The van der Waals surface area contributed by atoms with Crippen molar-refractivity contribution in [2.75, 3.05) is 7.11 Å². The molecule has 0 spiro atoms. The lowest BCUT2D eigenvalue weighted by Gasteiger charge is -1.89. The Kier molecular flexibility index (Phi) is 2.88. The molecule has 0 radical (unpaired) electrons. The summed E-state index contributed by atoms with van der Waals surface area (Å²) in [6.07, 6.45) is 1.15. The first kappa shape index (κ1) is 9.08. The minimum absolute atomic E-state index is 0.0203. The third-order valence-electron chi connectivity index (χ3n) is 1.22. The van der Waals surface area contributed by atoms with Crippen molar-refractivity contribution in [3.63, 3.8) is 0 Å². The second kappa shape index (κ2) is 4.13. The Morgan fingerprint density at radius 1 is 1.92 bits per heavy atom. The second-order valence-corrected chi connectivity index (χ2v) is 2.01. The molecule has 1 rings (SSSR count). The van der Waals surface area contributed by atoms with Gasteiger partial charge in [0.15, 0.2) is 5.69 Å². The van der Waals surface area contributed by atoms with Crippen LogP contribution in [-0.2, 0) is 11.3 Å². The molecular weight excluding hydrogens is 176 g/mol. The van der Waals surface area contributed by atoms with Gasteiger partial charge in [-0.1, -0.05) is 5.11 Å². The third-order valence-corrected chi connectivity index (χ3v) is 1.22. The van der Waals surface area contributed by atoms with Crippen molar-refractivity contribution in [2.24, 2.45) is 5.11 Å². The maximum atomic E-state index is 10.9. The molecule has 7 nitrogen and oxygen atoms in total. The number of ether oxygens (including phenoxy) is 1. The van der Waals surface area contributed by atoms with E-state index in [9.17, 15) is 4.79 Å². The van der Waals surface area contributed by atoms with Crippen molar-refractivity contribution >= 4 is 5.97 Å². The summed E-state index contributed by atoms with van der Waals surface area (Å²) in [7, 11) is 1.24. The summed E-state index contributed by atoms with van der Waals surface area (Å²) in [5, 5.41) is 3.21. The number of carbonyl (C=O) groups excluding carboxylic acids is 1. The zero-order valence-electron chi connectivity index (χ0n) is 6.80. The number of rotatable bonds is 3. The van der Waals surface area contributed by atoms with E-state index in [2.05, 4.69) is 19.7 Å². The van der Waals surface area contributed by atoms with E-state index in [1.165, 1.54) is 7.11 Å². The van der Waals surface area contributed by atoms with Crippen LogP contribution in [0.4, 0.5) is 0 Å². The van der Waals surface area contributed by atoms with Crippen molar-refractivity contribution in [3.05, 3.63) is 28.3 Å². The molecule has 0 aromatic carbocycles. The minimum Gasteiger partial charge on any atom is -0.464 e. The molecule has 0 aliphatic heterocycles. The quantitative estimate of drug-likeness (QED) is 0.304. The van der Waals surface area contributed by atoms with Crippen molar-refractivity contribution in [2.45, 2.75) is 6.54 Å². The Morgan fingerprint density at radius 2 is 2.69 bits per heavy atom. The average Bonchev–Trinajstić information content (AvgIpc) is 2.62. The van der Waals surface area contributed by atoms with Gasteiger partial charge in [0.25, 0.3) is 0 Å². The lowest BCUT2D eigenvalue weighted by atomic mass is 10.5. The van der Waals surface area contributed by atoms with Crippen LogP contribution in [0.2, 0.25) is 0 Å². The molecule has 1 aromatic rings. The highest BCUT2D eigenvalue weighted by molar-refractivity contribution is 5.86. The van der Waals surface area contributed by atoms with E-state index in [0.29, 0.717) is 0 Å². The predicted octanol–water partition coefficient (Wildman–Crippen LogP) is 1.27. The number of methoxy groups -OCH3 is 1. The Morgan fingerprint density at radius 3 is 3.31 bits per heavy atom. The Balaban J connectivity index is 2.74. The van der Waals surface area contributed by atoms with Gasteiger partial charge in [-0.25, -0.2) is 9.78 Å². The molecule has 0 saturated heterocycles. The maximum Gasteiger partial charge on any atom is 0.360 e. The van der Waals surface area contributed by atoms with E-state index in [-0.39, 0.29) is 18.1 Å². The lowest BCUT2D eigenvalue weighted by Crippen LogP contribution is -2.01. The Hall–Kier alpha value is -2.01. The van der Waals surface area contributed by atoms with Crippen molar-refractivity contribution in [1.29, 1.82) is 0 Å². The molecule has 13 heavy (non-hydrogen) atoms. The first-order valence-corrected chi connectivity index (χ1v) is 3.31. The van der Waals surface area contributed by atoms with Crippen LogP contribution in [0.3, 0.4) is 0 Å². The number of nitrogens with zero attached hydrogens (tertiary/aromatic N) is 4. The van der Waals surface area contributed by atoms with Crippen LogP contribution in [0.1, 0.15) is 16.4 Å². The largest absolute Gasteiger partial charge is 0.464 e. The van der Waals surface area contributed by atoms with Crippen LogP contribution >= 0.6 is 0 Å². The first-order chi connectivity index (χ1) is 6.27. The van der Waals surface area contributed by atoms with Crippen LogP contribution in [0.15, 0.2) is 15.8 Å². The zero-order chi connectivity index (χ0) is 9.68. The van der Waals surface area contributed by atoms with Gasteiger partial charge in [0.2, 0.25) is 5.89 Å². The fraction of sp³-hybridized carbons (Fsp3) is 0.333. The smallest absolute Gasteiger partial charge is 0.360 e. The molecule has 0 fully saturated rings. The number of azide groups is 1. The topological polar surface area (TPSA) is 101 Å². The summed E-state index contributed by atoms with van der Waals surface area (Å²) in [6.45, 7) is -0.0203. The number of oxazole rings is 1. The van der Waals surface area contributed by atoms with Gasteiger partial charge in [-0.15, -0.1) is 0 Å². The first-order valence-electron chi connectivity index (χ1n) is 3.31. The van der Waals surface area contributed by atoms with Crippen LogP contribution in [0.25, 0.3) is 10.4 Å². The SMILES string of the molecule is COC(=O)c1coc(CN=[N+]=[N-])n1. The van der Waals surface area contributed by atoms with Crippen LogP contribution in [0, 0.1) is 0 Å². The molecular formula is C6H6N4O3. The van der Waals surface area contributed by atoms with Crippen LogP contribution in [-0.4, -0.2) is 18.1 Å². The summed E-state index contributed by atoms with van der Waals surface area (Å²) < 4.78 is 9.20. The van der Waals surface area contributed by atoms with E-state index in [1.807, 2.05) is 0 Å². The van der Waals surface area contributed by atoms with E-state index < -0.39 is 5.97 Å². The van der Waals surface area contributed by atoms with Gasteiger partial charge in [-0.2, -0.15) is 0 Å². The van der Waals surface area contributed by atoms with Gasteiger partial charge in [0.1, 0.15) is 12.8 Å². The fourth-order valence-electron chi connectivity index (χ4n) is 0.674. The lowest BCUT2D eigenvalue weighted by molar-refractivity contribution is 0.0594. The summed E-state index contributed by atoms with van der Waals surface area (Å²) in [4.78, 5) is 17.1. The summed E-state index contributed by atoms with van der Waals surface area (Å²) >= 11 is 0. The zero-order valence-corrected chi connectivity index (χ0v) is 6.80. The molecule has 0 N–H and O–H groups in total. The maximum absolute atomic E-state index is 10.9. The van der Waals surface area contributed by atoms with Gasteiger partial charge in [0, 0.05) is 4.91 Å². The number of hydrogen-bond donors (Lipinski definition) is 0. The van der Waals surface area contributed by atoms with Gasteiger partial charge >= 0.3 is 5.97 Å². The van der Waals surface area contributed by atoms with Gasteiger partial charge < -0.3 is 9.15 Å². The summed E-state index contributed by atoms with van der Waals surface area (Å²) in [5.41, 5.74) is 8.05. The number of aromatic nitrogens is 1. The molecule has 0 bridgehead atoms. The van der Waals surface area contributed by atoms with E-state index in [0.717, 1.165) is 6.26 Å². The molecule has 7 heteroatoms. The van der Waals surface area contributed by atoms with E-state index in [4.69, 9.17) is 9.95 Å². The molecule has 1 heterocycles. The molecule has 0 unspecified atom stereocenters. The molecule has 1 aromatic heterocycles. The minimum atomic E-state index is -0.587. The molecule has 68 valence electrons. The van der Waals surface area contributed by atoms with Gasteiger partial charge in [0.05, 0.1) is 7.11 Å². The van der Waals surface area contributed by atoms with E-state index >= 15 is 0 Å². The van der Waals surface area contributed by atoms with Crippen molar-refractivity contribution < 1.29 is 13.9 Å². The number of carbonyl (C=O) groups is 1. The van der Waals surface area contributed by atoms with Crippen molar-refractivity contribution in [1.82, 2.24) is 4.98 Å². The molecule has 0 amide bonds. The van der Waals surface area contributed by atoms with E-state index in [1.54, 1.807) is 0 Å². The van der Waals surface area contributed by atoms with Gasteiger partial charge in [-0.05, 0) is 5.53 Å². The fourth-order valence-corrected chi connectivity index (χ4v) is 0.674. The van der Waals surface area contributed by atoms with Gasteiger partial charge in [-0.3, -0.25) is 0 Å². The monoisotopic (exact) mass is 182 g/mol. The highest BCUT2D eigenvalue weighted by atomic mass is 16.5. The standard InChI is InChI=1S/C6H6N4O3/c1-12-6(11)4-3-13-5(9-4)2-8-10-7/h3H,2H2,1H3. The molecule has 0 saturated carbocycles. The second-order valence-electron chi connectivity index (χ2n) is 2.01. The molecule has 0 aliphatic rings. The number of esters is 1. The molecule has 0 aliphatic carbocycles. The summed E-state index contributed by atoms with van der Waals surface area (Å²) in [6, 6.07) is 0. The van der Waals surface area contributed by atoms with Crippen molar-refractivity contribution in [3.8, 4) is 0 Å². The highest BCUT2D eigenvalue weighted by Gasteiger charge is 2.10. The van der Waals surface area contributed by atoms with Crippen LogP contribution in [0.5, 0.6) is 0 Å². The van der Waals surface area contributed by atoms with Crippen LogP contribution < -0.4 is 0 Å². The molecule has 0 atom stereocenters. The predicted molar refractivity (Wildman–Crippen MR) is 40.7 cm³/mol. The summed E-state index contributed by atoms with van der Waals surface area (Å²) in [5.74, 6) is -0.408. The number of hydrogen-bond acceptors (Lipinski definition) is 5. The normalized spacial score (nSPS) is 9.00. The Labute approximate surface area is 72.9 Å². The average molecular weight is 182 g/mol. The third kappa shape index (κ3) is 2.21.